The topological polar surface area (TPSA) is 40.5 Å². The largest absolute Gasteiger partial charge is 0.480 e. The van der Waals surface area contributed by atoms with Crippen molar-refractivity contribution in [2.45, 2.75) is 45.3 Å². The van der Waals surface area contributed by atoms with Crippen LogP contribution in [0.1, 0.15) is 31.9 Å². The Bertz CT molecular complexity index is 434. The van der Waals surface area contributed by atoms with E-state index in [0.717, 1.165) is 6.54 Å². The molecule has 0 radical (unpaired) electrons. The van der Waals surface area contributed by atoms with E-state index in [9.17, 15) is 9.90 Å². The highest BCUT2D eigenvalue weighted by molar-refractivity contribution is 5.74. The Labute approximate surface area is 102 Å². The summed E-state index contributed by atoms with van der Waals surface area (Å²) in [7, 11) is 0. The van der Waals surface area contributed by atoms with Gasteiger partial charge in [0.1, 0.15) is 6.04 Å². The van der Waals surface area contributed by atoms with E-state index < -0.39 is 12.0 Å². The van der Waals surface area contributed by atoms with E-state index in [1.165, 1.54) is 11.1 Å². The van der Waals surface area contributed by atoms with Gasteiger partial charge in [0.2, 0.25) is 0 Å². The zero-order chi connectivity index (χ0) is 12.6. The summed E-state index contributed by atoms with van der Waals surface area (Å²) >= 11 is 0. The van der Waals surface area contributed by atoms with Crippen LogP contribution in [-0.2, 0) is 17.8 Å². The van der Waals surface area contributed by atoms with E-state index in [-0.39, 0.29) is 5.54 Å². The second-order valence-corrected chi connectivity index (χ2v) is 5.63. The van der Waals surface area contributed by atoms with Crippen LogP contribution in [0.25, 0.3) is 0 Å². The lowest BCUT2D eigenvalue weighted by Gasteiger charge is -2.43. The maximum Gasteiger partial charge on any atom is 0.321 e. The zero-order valence-corrected chi connectivity index (χ0v) is 10.6. The molecule has 3 nitrogen and oxygen atoms in total. The highest BCUT2D eigenvalue weighted by atomic mass is 16.4. The third kappa shape index (κ3) is 2.34. The van der Waals surface area contributed by atoms with Crippen molar-refractivity contribution in [3.63, 3.8) is 0 Å². The summed E-state index contributed by atoms with van der Waals surface area (Å²) in [6.07, 6.45) is 0.600. The van der Waals surface area contributed by atoms with Crippen molar-refractivity contribution in [1.29, 1.82) is 0 Å². The second kappa shape index (κ2) is 4.15. The van der Waals surface area contributed by atoms with Gasteiger partial charge in [-0.1, -0.05) is 24.3 Å². The molecule has 0 bridgehead atoms. The number of aliphatic carboxylic acids is 1. The Morgan fingerprint density at radius 2 is 1.88 bits per heavy atom. The van der Waals surface area contributed by atoms with Crippen LogP contribution in [0.4, 0.5) is 0 Å². The molecular weight excluding hydrogens is 214 g/mol. The number of carbonyl (C=O) groups is 1. The summed E-state index contributed by atoms with van der Waals surface area (Å²) < 4.78 is 0. The maximum atomic E-state index is 11.4. The Morgan fingerprint density at radius 3 is 2.41 bits per heavy atom. The first-order chi connectivity index (χ1) is 7.89. The van der Waals surface area contributed by atoms with Gasteiger partial charge in [0, 0.05) is 12.1 Å². The molecule has 1 atom stereocenters. The van der Waals surface area contributed by atoms with Crippen molar-refractivity contribution < 1.29 is 9.90 Å². The van der Waals surface area contributed by atoms with Crippen molar-refractivity contribution in [2.75, 3.05) is 0 Å². The molecule has 0 fully saturated rings. The van der Waals surface area contributed by atoms with Crippen LogP contribution in [0.3, 0.4) is 0 Å². The summed E-state index contributed by atoms with van der Waals surface area (Å²) in [5.74, 6) is -0.727. The first kappa shape index (κ1) is 12.1. The molecule has 1 N–H and O–H groups in total. The summed E-state index contributed by atoms with van der Waals surface area (Å²) in [5.41, 5.74) is 2.29. The minimum atomic E-state index is -0.727. The molecule has 92 valence electrons. The molecule has 0 aliphatic carbocycles. The number of fused-ring (bicyclic) bond motifs is 1. The van der Waals surface area contributed by atoms with E-state index in [4.69, 9.17) is 0 Å². The summed E-state index contributed by atoms with van der Waals surface area (Å²) in [6, 6.07) is 7.70. The fourth-order valence-electron chi connectivity index (χ4n) is 2.45. The van der Waals surface area contributed by atoms with Crippen LogP contribution in [0.5, 0.6) is 0 Å². The van der Waals surface area contributed by atoms with Crippen molar-refractivity contribution in [3.05, 3.63) is 35.4 Å². The predicted molar refractivity (Wildman–Crippen MR) is 66.9 cm³/mol. The molecule has 0 amide bonds. The van der Waals surface area contributed by atoms with Crippen LogP contribution in [0.2, 0.25) is 0 Å². The van der Waals surface area contributed by atoms with E-state index in [0.29, 0.717) is 6.42 Å². The van der Waals surface area contributed by atoms with Crippen LogP contribution in [0.15, 0.2) is 24.3 Å². The van der Waals surface area contributed by atoms with Gasteiger partial charge in [0.15, 0.2) is 0 Å². The fraction of sp³-hybridized carbons (Fsp3) is 0.500. The smallest absolute Gasteiger partial charge is 0.321 e. The van der Waals surface area contributed by atoms with E-state index >= 15 is 0 Å². The number of rotatable bonds is 1. The average Bonchev–Trinajstić information content (AvgIpc) is 2.26. The first-order valence-electron chi connectivity index (χ1n) is 5.96. The standard InChI is InChI=1S/C14H19NO2/c1-14(2,3)15-9-11-7-5-4-6-10(11)8-12(15)13(16)17/h4-7,12H,8-9H2,1-3H3,(H,16,17)/t12-/m1/s1. The van der Waals surface area contributed by atoms with Crippen LogP contribution in [-0.4, -0.2) is 27.6 Å². The molecule has 1 aromatic rings. The van der Waals surface area contributed by atoms with Crippen molar-refractivity contribution >= 4 is 5.97 Å². The number of hydrogen-bond donors (Lipinski definition) is 1. The quantitative estimate of drug-likeness (QED) is 0.809. The van der Waals surface area contributed by atoms with E-state index in [1.54, 1.807) is 0 Å². The van der Waals surface area contributed by atoms with Gasteiger partial charge in [-0.05, 0) is 38.3 Å². The number of carboxylic acids is 1. The first-order valence-corrected chi connectivity index (χ1v) is 5.96. The number of carboxylic acid groups (broad SMARTS) is 1. The fourth-order valence-corrected chi connectivity index (χ4v) is 2.45. The highest BCUT2D eigenvalue weighted by Gasteiger charge is 2.37. The third-order valence-electron chi connectivity index (χ3n) is 3.40. The average molecular weight is 233 g/mol. The normalized spacial score (nSPS) is 21.0. The number of nitrogens with zero attached hydrogens (tertiary/aromatic N) is 1. The maximum absolute atomic E-state index is 11.4. The van der Waals surface area contributed by atoms with Gasteiger partial charge in [-0.2, -0.15) is 0 Å². The summed E-state index contributed by atoms with van der Waals surface area (Å²) in [5, 5.41) is 9.36. The molecule has 0 aromatic heterocycles. The van der Waals surface area contributed by atoms with Crippen LogP contribution < -0.4 is 0 Å². The van der Waals surface area contributed by atoms with Gasteiger partial charge in [-0.3, -0.25) is 9.69 Å². The Balaban J connectivity index is 2.38. The second-order valence-electron chi connectivity index (χ2n) is 5.63. The molecule has 2 rings (SSSR count). The van der Waals surface area contributed by atoms with E-state index in [1.807, 2.05) is 18.2 Å². The summed E-state index contributed by atoms with van der Waals surface area (Å²) in [6.45, 7) is 6.92. The molecule has 1 aliphatic heterocycles. The lowest BCUT2D eigenvalue weighted by Crippen LogP contribution is -2.54. The predicted octanol–water partition coefficient (Wildman–Crippen LogP) is 2.30. The molecule has 0 unspecified atom stereocenters. The number of hydrogen-bond acceptors (Lipinski definition) is 2. The highest BCUT2D eigenvalue weighted by Crippen LogP contribution is 2.29. The van der Waals surface area contributed by atoms with Crippen LogP contribution in [0, 0.1) is 0 Å². The van der Waals surface area contributed by atoms with E-state index in [2.05, 4.69) is 31.7 Å². The monoisotopic (exact) mass is 233 g/mol. The van der Waals surface area contributed by atoms with Crippen LogP contribution >= 0.6 is 0 Å². The molecule has 1 aliphatic rings. The SMILES string of the molecule is CC(C)(C)N1Cc2ccccc2C[C@@H]1C(=O)O. The van der Waals surface area contributed by atoms with Crippen molar-refractivity contribution in [3.8, 4) is 0 Å². The lowest BCUT2D eigenvalue weighted by atomic mass is 9.90. The molecule has 0 saturated heterocycles. The molecule has 3 heteroatoms. The molecule has 1 heterocycles. The summed E-state index contributed by atoms with van der Waals surface area (Å²) in [4.78, 5) is 13.4. The Hall–Kier alpha value is -1.35. The lowest BCUT2D eigenvalue weighted by molar-refractivity contribution is -0.146. The Morgan fingerprint density at radius 1 is 1.29 bits per heavy atom. The van der Waals surface area contributed by atoms with Crippen molar-refractivity contribution in [2.24, 2.45) is 0 Å². The van der Waals surface area contributed by atoms with Crippen molar-refractivity contribution in [1.82, 2.24) is 4.90 Å². The van der Waals surface area contributed by atoms with Gasteiger partial charge in [0.25, 0.3) is 0 Å². The van der Waals surface area contributed by atoms with Gasteiger partial charge >= 0.3 is 5.97 Å². The van der Waals surface area contributed by atoms with Gasteiger partial charge in [-0.25, -0.2) is 0 Å². The zero-order valence-electron chi connectivity index (χ0n) is 10.6. The minimum absolute atomic E-state index is 0.128. The number of benzene rings is 1. The van der Waals surface area contributed by atoms with Gasteiger partial charge in [-0.15, -0.1) is 0 Å². The third-order valence-corrected chi connectivity index (χ3v) is 3.40. The van der Waals surface area contributed by atoms with Gasteiger partial charge < -0.3 is 5.11 Å². The molecule has 17 heavy (non-hydrogen) atoms. The molecule has 0 spiro atoms. The Kier molecular flexibility index (Phi) is 2.96. The molecule has 0 saturated carbocycles. The minimum Gasteiger partial charge on any atom is -0.480 e. The molecular formula is C14H19NO2. The molecule has 1 aromatic carbocycles. The van der Waals surface area contributed by atoms with Gasteiger partial charge in [0.05, 0.1) is 0 Å².